The number of halogens is 1. The Hall–Kier alpha value is -4.34. The summed E-state index contributed by atoms with van der Waals surface area (Å²) in [5, 5.41) is 3.61. The number of sulfonamides is 1. The first-order valence-electron chi connectivity index (χ1n) is 15.9. The van der Waals surface area contributed by atoms with Gasteiger partial charge in [0.1, 0.15) is 24.1 Å². The molecule has 1 N–H and O–H groups in total. The molecular weight excluding hydrogens is 634 g/mol. The van der Waals surface area contributed by atoms with Crippen LogP contribution in [0.3, 0.4) is 0 Å². The zero-order valence-electron chi connectivity index (χ0n) is 26.6. The maximum absolute atomic E-state index is 14.3. The number of ether oxygens (including phenoxy) is 1. The summed E-state index contributed by atoms with van der Waals surface area (Å²) in [5.74, 6) is 0.338. The van der Waals surface area contributed by atoms with Crippen LogP contribution in [0.25, 0.3) is 0 Å². The maximum atomic E-state index is 14.3. The van der Waals surface area contributed by atoms with E-state index in [-0.39, 0.29) is 29.1 Å². The monoisotopic (exact) mass is 673 g/mol. The quantitative estimate of drug-likeness (QED) is 0.168. The molecule has 0 unspecified atom stereocenters. The van der Waals surface area contributed by atoms with Gasteiger partial charge in [-0.1, -0.05) is 78.9 Å². The molecule has 0 radical (unpaired) electrons. The van der Waals surface area contributed by atoms with Crippen LogP contribution in [0.5, 0.6) is 11.5 Å². The summed E-state index contributed by atoms with van der Waals surface area (Å²) in [6.07, 6.45) is 5.03. The second-order valence-corrected chi connectivity index (χ2v) is 14.2. The number of para-hydroxylation sites is 1. The molecule has 1 saturated carbocycles. The number of hydrogen-bond donors (Lipinski definition) is 1. The number of aryl methyl sites for hydroxylation is 1. The van der Waals surface area contributed by atoms with Gasteiger partial charge in [0.25, 0.3) is 10.0 Å². The zero-order chi connectivity index (χ0) is 33.4. The molecule has 47 heavy (non-hydrogen) atoms. The van der Waals surface area contributed by atoms with Gasteiger partial charge in [-0.2, -0.15) is 0 Å². The van der Waals surface area contributed by atoms with Crippen molar-refractivity contribution in [3.8, 4) is 11.5 Å². The van der Waals surface area contributed by atoms with Crippen LogP contribution in [0.4, 0.5) is 5.69 Å². The van der Waals surface area contributed by atoms with Crippen LogP contribution in [0.2, 0.25) is 5.02 Å². The van der Waals surface area contributed by atoms with Crippen LogP contribution in [0.15, 0.2) is 108 Å². The van der Waals surface area contributed by atoms with Crippen molar-refractivity contribution in [1.82, 2.24) is 10.2 Å². The smallest absolute Gasteiger partial charge is 0.264 e. The summed E-state index contributed by atoms with van der Waals surface area (Å²) in [7, 11) is -4.20. The minimum absolute atomic E-state index is 0.0463. The number of amides is 2. The normalized spacial score (nSPS) is 14.2. The number of nitrogens with zero attached hydrogens (tertiary/aromatic N) is 2. The molecule has 5 rings (SSSR count). The van der Waals surface area contributed by atoms with Crippen molar-refractivity contribution < 1.29 is 22.7 Å². The Balaban J connectivity index is 1.46. The van der Waals surface area contributed by atoms with Gasteiger partial charge < -0.3 is 15.0 Å². The van der Waals surface area contributed by atoms with Gasteiger partial charge in [0, 0.05) is 17.6 Å². The molecule has 8 nitrogen and oxygen atoms in total. The van der Waals surface area contributed by atoms with Gasteiger partial charge >= 0.3 is 0 Å². The Bertz CT molecular complexity index is 1760. The summed E-state index contributed by atoms with van der Waals surface area (Å²) >= 11 is 6.27. The molecule has 1 atom stereocenters. The van der Waals surface area contributed by atoms with Crippen LogP contribution in [-0.4, -0.2) is 43.8 Å². The Morgan fingerprint density at radius 3 is 2.19 bits per heavy atom. The van der Waals surface area contributed by atoms with E-state index in [2.05, 4.69) is 5.32 Å². The fraction of sp³-hybridized carbons (Fsp3) is 0.297. The minimum Gasteiger partial charge on any atom is -0.457 e. The first kappa shape index (κ1) is 34.0. The van der Waals surface area contributed by atoms with E-state index >= 15 is 0 Å². The van der Waals surface area contributed by atoms with Crippen molar-refractivity contribution in [2.45, 2.75) is 69.5 Å². The third-order valence-electron chi connectivity index (χ3n) is 8.35. The lowest BCUT2D eigenvalue weighted by Crippen LogP contribution is -2.53. The summed E-state index contributed by atoms with van der Waals surface area (Å²) in [5.41, 5.74) is 1.90. The van der Waals surface area contributed by atoms with Crippen molar-refractivity contribution in [3.63, 3.8) is 0 Å². The van der Waals surface area contributed by atoms with E-state index < -0.39 is 28.5 Å². The van der Waals surface area contributed by atoms with Gasteiger partial charge in [0.15, 0.2) is 0 Å². The number of hydrogen-bond acceptors (Lipinski definition) is 5. The SMILES string of the molecule is Cc1ccc(S(=O)(=O)N(CC(=O)N(Cc2cccc(Cl)c2)[C@H](C)C(=O)NC2CCCCC2)c2ccc(Oc3ccccc3)cc2)cc1. The predicted octanol–water partition coefficient (Wildman–Crippen LogP) is 7.50. The average Bonchev–Trinajstić information content (AvgIpc) is 3.07. The van der Waals surface area contributed by atoms with E-state index in [4.69, 9.17) is 16.3 Å². The lowest BCUT2D eigenvalue weighted by atomic mass is 9.95. The van der Waals surface area contributed by atoms with Crippen LogP contribution >= 0.6 is 11.6 Å². The first-order valence-corrected chi connectivity index (χ1v) is 17.7. The van der Waals surface area contributed by atoms with Crippen LogP contribution in [0.1, 0.15) is 50.2 Å². The van der Waals surface area contributed by atoms with Crippen molar-refractivity contribution in [2.24, 2.45) is 0 Å². The number of anilines is 1. The molecule has 0 heterocycles. The fourth-order valence-electron chi connectivity index (χ4n) is 5.65. The number of rotatable bonds is 12. The van der Waals surface area contributed by atoms with E-state index in [9.17, 15) is 18.0 Å². The van der Waals surface area contributed by atoms with Crippen molar-refractivity contribution in [1.29, 1.82) is 0 Å². The largest absolute Gasteiger partial charge is 0.457 e. The molecule has 0 aliphatic heterocycles. The molecule has 1 fully saturated rings. The molecule has 0 bridgehead atoms. The van der Waals surface area contributed by atoms with Crippen LogP contribution < -0.4 is 14.4 Å². The second-order valence-electron chi connectivity index (χ2n) is 11.9. The van der Waals surface area contributed by atoms with Gasteiger partial charge in [0.2, 0.25) is 11.8 Å². The van der Waals surface area contributed by atoms with E-state index in [0.717, 1.165) is 47.5 Å². The summed E-state index contributed by atoms with van der Waals surface area (Å²) < 4.78 is 35.3. The lowest BCUT2D eigenvalue weighted by Gasteiger charge is -2.33. The number of benzene rings is 4. The van der Waals surface area contributed by atoms with Gasteiger partial charge in [-0.05, 0) is 92.9 Å². The standard InChI is InChI=1S/C37H40ClN3O5S/c1-27-16-22-35(23-17-27)47(44,45)41(32-18-20-34(21-19-32)46-33-14-7-4-8-15-33)26-36(42)40(25-29-10-9-11-30(38)24-29)28(2)37(43)39-31-12-5-3-6-13-31/h4,7-11,14-24,28,31H,3,5-6,12-13,25-26H2,1-2H3,(H,39,43)/t28-/m1/s1. The molecule has 1 aliphatic carbocycles. The predicted molar refractivity (Wildman–Crippen MR) is 185 cm³/mol. The molecule has 0 spiro atoms. The topological polar surface area (TPSA) is 96.0 Å². The summed E-state index contributed by atoms with van der Waals surface area (Å²) in [6.45, 7) is 3.09. The number of carbonyl (C=O) groups is 2. The highest BCUT2D eigenvalue weighted by molar-refractivity contribution is 7.92. The third-order valence-corrected chi connectivity index (χ3v) is 10.4. The Morgan fingerprint density at radius 2 is 1.53 bits per heavy atom. The summed E-state index contributed by atoms with van der Waals surface area (Å²) in [4.78, 5) is 29.3. The molecule has 0 saturated heterocycles. The number of nitrogens with one attached hydrogen (secondary N) is 1. The Morgan fingerprint density at radius 1 is 0.872 bits per heavy atom. The second kappa shape index (κ2) is 15.5. The Kier molecular flexibility index (Phi) is 11.2. The zero-order valence-corrected chi connectivity index (χ0v) is 28.2. The van der Waals surface area contributed by atoms with Gasteiger partial charge in [0.05, 0.1) is 10.6 Å². The minimum atomic E-state index is -4.20. The van der Waals surface area contributed by atoms with Crippen LogP contribution in [0, 0.1) is 6.92 Å². The van der Waals surface area contributed by atoms with Gasteiger partial charge in [-0.25, -0.2) is 8.42 Å². The van der Waals surface area contributed by atoms with Crippen molar-refractivity contribution in [3.05, 3.63) is 119 Å². The van der Waals surface area contributed by atoms with E-state index in [0.29, 0.717) is 16.5 Å². The van der Waals surface area contributed by atoms with Crippen molar-refractivity contribution >= 4 is 39.1 Å². The molecule has 10 heteroatoms. The molecule has 0 aromatic heterocycles. The Labute approximate surface area is 282 Å². The summed E-state index contributed by atoms with van der Waals surface area (Å²) in [6, 6.07) is 28.5. The first-order chi connectivity index (χ1) is 22.6. The highest BCUT2D eigenvalue weighted by Gasteiger charge is 2.33. The third kappa shape index (κ3) is 8.93. The number of carbonyl (C=O) groups excluding carboxylic acids is 2. The average molecular weight is 674 g/mol. The molecule has 2 amide bonds. The van der Waals surface area contributed by atoms with Gasteiger partial charge in [-0.3, -0.25) is 13.9 Å². The van der Waals surface area contributed by atoms with Crippen LogP contribution in [-0.2, 0) is 26.2 Å². The van der Waals surface area contributed by atoms with Gasteiger partial charge in [-0.15, -0.1) is 0 Å². The van der Waals surface area contributed by atoms with E-state index in [1.165, 1.54) is 17.0 Å². The van der Waals surface area contributed by atoms with Crippen molar-refractivity contribution in [2.75, 3.05) is 10.8 Å². The molecule has 4 aromatic carbocycles. The molecule has 246 valence electrons. The highest BCUT2D eigenvalue weighted by Crippen LogP contribution is 2.29. The van der Waals surface area contributed by atoms with E-state index in [1.54, 1.807) is 61.5 Å². The fourth-order valence-corrected chi connectivity index (χ4v) is 7.28. The highest BCUT2D eigenvalue weighted by atomic mass is 35.5. The maximum Gasteiger partial charge on any atom is 0.264 e. The molecular formula is C37H40ClN3O5S. The van der Waals surface area contributed by atoms with E-state index in [1.807, 2.05) is 43.3 Å². The lowest BCUT2D eigenvalue weighted by molar-refractivity contribution is -0.139. The molecule has 4 aromatic rings. The molecule has 1 aliphatic rings.